The van der Waals surface area contributed by atoms with E-state index in [9.17, 15) is 14.0 Å². The van der Waals surface area contributed by atoms with Crippen LogP contribution in [0.4, 0.5) is 15.0 Å². The van der Waals surface area contributed by atoms with Crippen molar-refractivity contribution in [2.24, 2.45) is 0 Å². The topological polar surface area (TPSA) is 83.6 Å². The number of ether oxygens (including phenoxy) is 1. The molecule has 0 atom stereocenters. The minimum atomic E-state index is -0.517. The van der Waals surface area contributed by atoms with Crippen LogP contribution in [0.2, 0.25) is 0 Å². The van der Waals surface area contributed by atoms with Crippen molar-refractivity contribution < 1.29 is 18.7 Å². The molecule has 0 saturated carbocycles. The first kappa shape index (κ1) is 19.1. The van der Waals surface area contributed by atoms with Gasteiger partial charge in [0.25, 0.3) is 0 Å². The van der Waals surface area contributed by atoms with E-state index in [1.165, 1.54) is 12.1 Å². The molecule has 1 aliphatic rings. The summed E-state index contributed by atoms with van der Waals surface area (Å²) in [4.78, 5) is 29.6. The molecule has 7 nitrogen and oxygen atoms in total. The molecule has 8 heteroatoms. The van der Waals surface area contributed by atoms with Crippen LogP contribution in [0.25, 0.3) is 0 Å². The van der Waals surface area contributed by atoms with Gasteiger partial charge in [0, 0.05) is 19.1 Å². The van der Waals surface area contributed by atoms with Crippen LogP contribution in [-0.4, -0.2) is 53.2 Å². The van der Waals surface area contributed by atoms with Gasteiger partial charge in [-0.05, 0) is 45.7 Å². The summed E-state index contributed by atoms with van der Waals surface area (Å²) in [7, 11) is 0. The summed E-state index contributed by atoms with van der Waals surface area (Å²) < 4.78 is 18.0. The normalized spacial score (nSPS) is 16.3. The van der Waals surface area contributed by atoms with Crippen molar-refractivity contribution in [1.29, 1.82) is 0 Å². The van der Waals surface area contributed by atoms with E-state index in [0.717, 1.165) is 19.0 Å². The lowest BCUT2D eigenvalue weighted by Gasteiger charge is -2.32. The van der Waals surface area contributed by atoms with E-state index in [1.807, 2.05) is 25.7 Å². The number of carbonyl (C=O) groups excluding carboxylic acids is 2. The Kier molecular flexibility index (Phi) is 6.30. The molecule has 1 aliphatic heterocycles. The van der Waals surface area contributed by atoms with E-state index in [2.05, 4.69) is 15.6 Å². The average Bonchev–Trinajstić information content (AvgIpc) is 2.49. The van der Waals surface area contributed by atoms with Gasteiger partial charge in [0.15, 0.2) is 0 Å². The molecule has 0 spiro atoms. The molecule has 1 saturated heterocycles. The summed E-state index contributed by atoms with van der Waals surface area (Å²) in [5.74, 6) is -0.317. The summed E-state index contributed by atoms with van der Waals surface area (Å²) in [5, 5.41) is 5.50. The fourth-order valence-corrected chi connectivity index (χ4v) is 2.54. The molecule has 138 valence electrons. The van der Waals surface area contributed by atoms with E-state index in [0.29, 0.717) is 18.9 Å². The molecule has 2 heterocycles. The molecular formula is C17H25FN4O3. The van der Waals surface area contributed by atoms with E-state index in [1.54, 1.807) is 0 Å². The second-order valence-electron chi connectivity index (χ2n) is 7.11. The lowest BCUT2D eigenvalue weighted by atomic mass is 10.1. The van der Waals surface area contributed by atoms with Crippen LogP contribution in [0, 0.1) is 5.82 Å². The maximum Gasteiger partial charge on any atom is 0.407 e. The lowest BCUT2D eigenvalue weighted by Crippen LogP contribution is -2.47. The minimum absolute atomic E-state index is 0.0490. The van der Waals surface area contributed by atoms with Gasteiger partial charge >= 0.3 is 6.09 Å². The molecule has 25 heavy (non-hydrogen) atoms. The van der Waals surface area contributed by atoms with Crippen LogP contribution in [0.15, 0.2) is 18.3 Å². The number of rotatable bonds is 4. The number of nitrogens with zero attached hydrogens (tertiary/aromatic N) is 2. The van der Waals surface area contributed by atoms with Crippen LogP contribution in [-0.2, 0) is 9.53 Å². The van der Waals surface area contributed by atoms with Gasteiger partial charge < -0.3 is 15.4 Å². The van der Waals surface area contributed by atoms with Crippen molar-refractivity contribution in [3.8, 4) is 0 Å². The van der Waals surface area contributed by atoms with Gasteiger partial charge in [-0.15, -0.1) is 0 Å². The molecular weight excluding hydrogens is 327 g/mol. The number of nitrogens with one attached hydrogen (secondary N) is 2. The lowest BCUT2D eigenvalue weighted by molar-refractivity contribution is -0.117. The van der Waals surface area contributed by atoms with E-state index >= 15 is 0 Å². The Balaban J connectivity index is 1.70. The zero-order chi connectivity index (χ0) is 18.4. The number of piperidine rings is 1. The zero-order valence-electron chi connectivity index (χ0n) is 14.8. The Bertz CT molecular complexity index is 593. The maximum atomic E-state index is 12.8. The Morgan fingerprint density at radius 3 is 2.56 bits per heavy atom. The zero-order valence-corrected chi connectivity index (χ0v) is 14.8. The molecule has 0 aliphatic carbocycles. The molecule has 0 radical (unpaired) electrons. The number of aromatic nitrogens is 1. The second-order valence-corrected chi connectivity index (χ2v) is 7.11. The molecule has 0 aromatic carbocycles. The SMILES string of the molecule is CC(C)(C)OC(=O)NC1CCN(CC(=O)Nc2ccc(F)cn2)CC1. The summed E-state index contributed by atoms with van der Waals surface area (Å²) in [6, 6.07) is 2.72. The third-order valence-corrected chi connectivity index (χ3v) is 3.67. The number of anilines is 1. The highest BCUT2D eigenvalue weighted by atomic mass is 19.1. The molecule has 1 aromatic heterocycles. The molecule has 2 rings (SSSR count). The van der Waals surface area contributed by atoms with Crippen molar-refractivity contribution in [2.45, 2.75) is 45.3 Å². The van der Waals surface area contributed by atoms with Crippen LogP contribution >= 0.6 is 0 Å². The number of hydrogen-bond donors (Lipinski definition) is 2. The van der Waals surface area contributed by atoms with Gasteiger partial charge in [-0.25, -0.2) is 14.2 Å². The molecule has 0 unspecified atom stereocenters. The van der Waals surface area contributed by atoms with Crippen molar-refractivity contribution in [3.63, 3.8) is 0 Å². The molecule has 2 amide bonds. The van der Waals surface area contributed by atoms with Gasteiger partial charge in [0.1, 0.15) is 17.2 Å². The fourth-order valence-electron chi connectivity index (χ4n) is 2.54. The predicted molar refractivity (Wildman–Crippen MR) is 91.7 cm³/mol. The highest BCUT2D eigenvalue weighted by Crippen LogP contribution is 2.13. The second kappa shape index (κ2) is 8.24. The summed E-state index contributed by atoms with van der Waals surface area (Å²) in [5.41, 5.74) is -0.517. The monoisotopic (exact) mass is 352 g/mol. The number of halogens is 1. The van der Waals surface area contributed by atoms with Gasteiger partial charge in [-0.2, -0.15) is 0 Å². The first-order valence-corrected chi connectivity index (χ1v) is 8.34. The summed E-state index contributed by atoms with van der Waals surface area (Å²) in [6.45, 7) is 7.10. The molecule has 2 N–H and O–H groups in total. The number of amides is 2. The van der Waals surface area contributed by atoms with Gasteiger partial charge in [-0.1, -0.05) is 0 Å². The largest absolute Gasteiger partial charge is 0.444 e. The third-order valence-electron chi connectivity index (χ3n) is 3.67. The minimum Gasteiger partial charge on any atom is -0.444 e. The van der Waals surface area contributed by atoms with E-state index < -0.39 is 17.5 Å². The third kappa shape index (κ3) is 7.04. The average molecular weight is 352 g/mol. The summed E-state index contributed by atoms with van der Waals surface area (Å²) in [6.07, 6.45) is 2.15. The molecule has 1 aromatic rings. The first-order chi connectivity index (χ1) is 11.7. The number of hydrogen-bond acceptors (Lipinski definition) is 5. The van der Waals surface area contributed by atoms with Gasteiger partial charge in [0.2, 0.25) is 5.91 Å². The Morgan fingerprint density at radius 2 is 2.00 bits per heavy atom. The van der Waals surface area contributed by atoms with E-state index in [-0.39, 0.29) is 18.5 Å². The Labute approximate surface area is 146 Å². The highest BCUT2D eigenvalue weighted by molar-refractivity contribution is 5.91. The predicted octanol–water partition coefficient (Wildman–Crippen LogP) is 2.15. The fraction of sp³-hybridized carbons (Fsp3) is 0.588. The number of alkyl carbamates (subject to hydrolysis) is 1. The van der Waals surface area contributed by atoms with Crippen LogP contribution < -0.4 is 10.6 Å². The van der Waals surface area contributed by atoms with Crippen molar-refractivity contribution in [1.82, 2.24) is 15.2 Å². The number of carbonyl (C=O) groups is 2. The first-order valence-electron chi connectivity index (χ1n) is 8.34. The van der Waals surface area contributed by atoms with Gasteiger partial charge in [0.05, 0.1) is 12.7 Å². The van der Waals surface area contributed by atoms with Crippen LogP contribution in [0.3, 0.4) is 0 Å². The van der Waals surface area contributed by atoms with Crippen LogP contribution in [0.1, 0.15) is 33.6 Å². The van der Waals surface area contributed by atoms with Crippen molar-refractivity contribution in [2.75, 3.05) is 25.0 Å². The smallest absolute Gasteiger partial charge is 0.407 e. The molecule has 1 fully saturated rings. The Hall–Kier alpha value is -2.22. The quantitative estimate of drug-likeness (QED) is 0.867. The van der Waals surface area contributed by atoms with Gasteiger partial charge in [-0.3, -0.25) is 9.69 Å². The van der Waals surface area contributed by atoms with Crippen LogP contribution in [0.5, 0.6) is 0 Å². The Morgan fingerprint density at radius 1 is 1.32 bits per heavy atom. The maximum absolute atomic E-state index is 12.8. The number of likely N-dealkylation sites (tertiary alicyclic amines) is 1. The number of pyridine rings is 1. The van der Waals surface area contributed by atoms with E-state index in [4.69, 9.17) is 4.74 Å². The van der Waals surface area contributed by atoms with Crippen molar-refractivity contribution in [3.05, 3.63) is 24.1 Å². The van der Waals surface area contributed by atoms with Crippen molar-refractivity contribution >= 4 is 17.8 Å². The molecule has 0 bridgehead atoms. The standard InChI is InChI=1S/C17H25FN4O3/c1-17(2,3)25-16(24)20-13-6-8-22(9-7-13)11-15(23)21-14-5-4-12(18)10-19-14/h4-5,10,13H,6-9,11H2,1-3H3,(H,20,24)(H,19,21,23). The summed E-state index contributed by atoms with van der Waals surface area (Å²) >= 11 is 0. The highest BCUT2D eigenvalue weighted by Gasteiger charge is 2.24.